The third-order valence-corrected chi connectivity index (χ3v) is 10.3. The van der Waals surface area contributed by atoms with Crippen molar-refractivity contribution < 1.29 is 22.7 Å². The van der Waals surface area contributed by atoms with Crippen LogP contribution < -0.4 is 14.4 Å². The summed E-state index contributed by atoms with van der Waals surface area (Å²) in [6.07, 6.45) is 0.845. The first-order chi connectivity index (χ1) is 22.4. The van der Waals surface area contributed by atoms with Gasteiger partial charge in [-0.2, -0.15) is 0 Å². The molecule has 0 aliphatic rings. The highest BCUT2D eigenvalue weighted by Crippen LogP contribution is 2.29. The molecule has 2 atom stereocenters. The van der Waals surface area contributed by atoms with Crippen molar-refractivity contribution in [3.8, 4) is 5.75 Å². The topological polar surface area (TPSA) is 96.0 Å². The lowest BCUT2D eigenvalue weighted by Gasteiger charge is -2.34. The molecule has 0 aliphatic carbocycles. The average molecular weight is 717 g/mol. The van der Waals surface area contributed by atoms with Crippen LogP contribution >= 0.6 is 34.8 Å². The maximum Gasteiger partial charge on any atom is 0.264 e. The zero-order chi connectivity index (χ0) is 34.1. The lowest BCUT2D eigenvalue weighted by molar-refractivity contribution is -0.140. The number of hydrogen-bond donors (Lipinski definition) is 1. The van der Waals surface area contributed by atoms with Crippen LogP contribution in [0.15, 0.2) is 102 Å². The Labute approximate surface area is 291 Å². The molecule has 0 saturated carbocycles. The van der Waals surface area contributed by atoms with Gasteiger partial charge in [0.05, 0.1) is 17.7 Å². The van der Waals surface area contributed by atoms with Crippen molar-refractivity contribution in [2.24, 2.45) is 0 Å². The molecule has 0 aromatic heterocycles. The standard InChI is InChI=1S/C35H36Cl3N3O5S/c1-4-24(2)39-35(43)33(20-25-8-6-5-7-9-25)40(22-26-10-11-28(37)21-32(26)38)34(42)23-41(29-14-12-27(36)13-15-29)47(44,45)31-18-16-30(46-3)17-19-31/h5-19,21,24,33H,4,20,22-23H2,1-3H3,(H,39,43)/t24-,33+/m0/s1. The Morgan fingerprint density at radius 1 is 0.872 bits per heavy atom. The molecule has 0 unspecified atom stereocenters. The van der Waals surface area contributed by atoms with E-state index in [0.29, 0.717) is 32.8 Å². The van der Waals surface area contributed by atoms with Gasteiger partial charge in [-0.3, -0.25) is 13.9 Å². The summed E-state index contributed by atoms with van der Waals surface area (Å²) < 4.78 is 34.6. The molecule has 0 aliphatic heterocycles. The number of halogens is 3. The molecule has 2 amide bonds. The van der Waals surface area contributed by atoms with E-state index in [0.717, 1.165) is 9.87 Å². The number of anilines is 1. The number of amides is 2. The van der Waals surface area contributed by atoms with Crippen molar-refractivity contribution in [3.63, 3.8) is 0 Å². The first-order valence-corrected chi connectivity index (χ1v) is 17.5. The third-order valence-electron chi connectivity index (χ3n) is 7.67. The highest BCUT2D eigenvalue weighted by atomic mass is 35.5. The molecule has 0 spiro atoms. The number of methoxy groups -OCH3 is 1. The highest BCUT2D eigenvalue weighted by Gasteiger charge is 2.35. The van der Waals surface area contributed by atoms with Gasteiger partial charge in [0.1, 0.15) is 18.3 Å². The highest BCUT2D eigenvalue weighted by molar-refractivity contribution is 7.92. The zero-order valence-corrected chi connectivity index (χ0v) is 29.3. The fraction of sp³-hybridized carbons (Fsp3) is 0.257. The van der Waals surface area contributed by atoms with Crippen LogP contribution in [0.4, 0.5) is 5.69 Å². The largest absolute Gasteiger partial charge is 0.497 e. The van der Waals surface area contributed by atoms with Gasteiger partial charge >= 0.3 is 0 Å². The van der Waals surface area contributed by atoms with Gasteiger partial charge in [0, 0.05) is 34.1 Å². The van der Waals surface area contributed by atoms with E-state index in [-0.39, 0.29) is 35.5 Å². The lowest BCUT2D eigenvalue weighted by atomic mass is 10.0. The summed E-state index contributed by atoms with van der Waals surface area (Å²) in [5.74, 6) is -0.527. The molecule has 0 saturated heterocycles. The Hall–Kier alpha value is -3.76. The number of benzene rings is 4. The number of hydrogen-bond acceptors (Lipinski definition) is 5. The second-order valence-corrected chi connectivity index (χ2v) is 14.1. The molecule has 0 fully saturated rings. The molecule has 4 aromatic rings. The van der Waals surface area contributed by atoms with Crippen molar-refractivity contribution in [1.29, 1.82) is 0 Å². The monoisotopic (exact) mass is 715 g/mol. The van der Waals surface area contributed by atoms with Crippen LogP contribution in [-0.2, 0) is 32.6 Å². The van der Waals surface area contributed by atoms with Gasteiger partial charge in [-0.1, -0.05) is 78.1 Å². The molecule has 0 heterocycles. The summed E-state index contributed by atoms with van der Waals surface area (Å²) in [5.41, 5.74) is 1.57. The van der Waals surface area contributed by atoms with Crippen molar-refractivity contribution in [2.75, 3.05) is 18.0 Å². The summed E-state index contributed by atoms with van der Waals surface area (Å²) in [6, 6.07) is 25.0. The first kappa shape index (κ1) is 36.1. The molecule has 1 N–H and O–H groups in total. The van der Waals surface area contributed by atoms with E-state index in [2.05, 4.69) is 5.32 Å². The molecule has 12 heteroatoms. The minimum atomic E-state index is -4.29. The second kappa shape index (κ2) is 16.4. The Balaban J connectivity index is 1.82. The second-order valence-electron chi connectivity index (χ2n) is 10.9. The zero-order valence-electron chi connectivity index (χ0n) is 26.2. The summed E-state index contributed by atoms with van der Waals surface area (Å²) in [7, 11) is -2.81. The number of carbonyl (C=O) groups is 2. The van der Waals surface area contributed by atoms with Crippen molar-refractivity contribution in [2.45, 2.75) is 50.2 Å². The summed E-state index contributed by atoms with van der Waals surface area (Å²) in [4.78, 5) is 29.8. The molecule has 8 nitrogen and oxygen atoms in total. The molecule has 4 rings (SSSR count). The van der Waals surface area contributed by atoms with E-state index < -0.39 is 28.5 Å². The fourth-order valence-corrected chi connectivity index (χ4v) is 6.85. The molecule has 0 radical (unpaired) electrons. The van der Waals surface area contributed by atoms with Crippen LogP contribution in [-0.4, -0.2) is 50.9 Å². The number of rotatable bonds is 14. The SMILES string of the molecule is CC[C@H](C)NC(=O)[C@@H](Cc1ccccc1)N(Cc1ccc(Cl)cc1Cl)C(=O)CN(c1ccc(Cl)cc1)S(=O)(=O)c1ccc(OC)cc1. The van der Waals surface area contributed by atoms with E-state index in [1.165, 1.54) is 48.4 Å². The third kappa shape index (κ3) is 9.41. The van der Waals surface area contributed by atoms with Crippen LogP contribution in [0.5, 0.6) is 5.75 Å². The van der Waals surface area contributed by atoms with Crippen molar-refractivity contribution in [3.05, 3.63) is 123 Å². The predicted octanol–water partition coefficient (Wildman–Crippen LogP) is 7.41. The van der Waals surface area contributed by atoms with Crippen LogP contribution in [0.2, 0.25) is 15.1 Å². The number of carbonyl (C=O) groups excluding carboxylic acids is 2. The van der Waals surface area contributed by atoms with E-state index in [1.807, 2.05) is 44.2 Å². The molecule has 248 valence electrons. The van der Waals surface area contributed by atoms with Gasteiger partial charge in [-0.15, -0.1) is 0 Å². The van der Waals surface area contributed by atoms with Gasteiger partial charge in [-0.25, -0.2) is 8.42 Å². The quantitative estimate of drug-likeness (QED) is 0.147. The van der Waals surface area contributed by atoms with Gasteiger partial charge in [0.15, 0.2) is 0 Å². The summed E-state index contributed by atoms with van der Waals surface area (Å²) in [5, 5.41) is 4.11. The Morgan fingerprint density at radius 3 is 2.11 bits per heavy atom. The van der Waals surface area contributed by atoms with Gasteiger partial charge in [0.2, 0.25) is 11.8 Å². The maximum atomic E-state index is 14.6. The van der Waals surface area contributed by atoms with Crippen molar-refractivity contribution in [1.82, 2.24) is 10.2 Å². The Bertz CT molecular complexity index is 1770. The van der Waals surface area contributed by atoms with Gasteiger partial charge in [0.25, 0.3) is 10.0 Å². The van der Waals surface area contributed by atoms with Crippen LogP contribution in [0.1, 0.15) is 31.4 Å². The number of nitrogens with one attached hydrogen (secondary N) is 1. The molecule has 4 aromatic carbocycles. The average Bonchev–Trinajstić information content (AvgIpc) is 3.06. The fourth-order valence-electron chi connectivity index (χ4n) is 4.84. The number of nitrogens with zero attached hydrogens (tertiary/aromatic N) is 2. The molecular weight excluding hydrogens is 681 g/mol. The van der Waals surface area contributed by atoms with Gasteiger partial charge in [-0.05, 0) is 85.1 Å². The minimum absolute atomic E-state index is 0.0521. The van der Waals surface area contributed by atoms with E-state index in [1.54, 1.807) is 30.3 Å². The Morgan fingerprint density at radius 2 is 1.51 bits per heavy atom. The van der Waals surface area contributed by atoms with Crippen LogP contribution in [0.25, 0.3) is 0 Å². The normalized spacial score (nSPS) is 12.6. The smallest absolute Gasteiger partial charge is 0.264 e. The summed E-state index contributed by atoms with van der Waals surface area (Å²) in [6.45, 7) is 3.12. The lowest BCUT2D eigenvalue weighted by Crippen LogP contribution is -2.54. The molecule has 0 bridgehead atoms. The van der Waals surface area contributed by atoms with E-state index in [4.69, 9.17) is 39.5 Å². The van der Waals surface area contributed by atoms with E-state index >= 15 is 0 Å². The van der Waals surface area contributed by atoms with Crippen molar-refractivity contribution >= 4 is 62.3 Å². The van der Waals surface area contributed by atoms with Gasteiger partial charge < -0.3 is 15.0 Å². The summed E-state index contributed by atoms with van der Waals surface area (Å²) >= 11 is 18.9. The number of ether oxygens (including phenoxy) is 1. The van der Waals surface area contributed by atoms with Crippen LogP contribution in [0, 0.1) is 0 Å². The Kier molecular flexibility index (Phi) is 12.6. The molecular formula is C35H36Cl3N3O5S. The first-order valence-electron chi connectivity index (χ1n) is 14.9. The minimum Gasteiger partial charge on any atom is -0.497 e. The maximum absolute atomic E-state index is 14.6. The van der Waals surface area contributed by atoms with E-state index in [9.17, 15) is 18.0 Å². The predicted molar refractivity (Wildman–Crippen MR) is 188 cm³/mol. The molecule has 47 heavy (non-hydrogen) atoms. The van der Waals surface area contributed by atoms with Crippen LogP contribution in [0.3, 0.4) is 0 Å². The number of sulfonamides is 1.